The first-order chi connectivity index (χ1) is 9.63. The van der Waals surface area contributed by atoms with Crippen molar-refractivity contribution < 1.29 is 13.9 Å². The molecular weight excluding hydrogens is 391 g/mol. The van der Waals surface area contributed by atoms with Crippen LogP contribution < -0.4 is 9.47 Å². The third-order valence-electron chi connectivity index (χ3n) is 2.80. The fourth-order valence-corrected chi connectivity index (χ4v) is 2.59. The normalized spacial score (nSPS) is 10.4. The van der Waals surface area contributed by atoms with Gasteiger partial charge in [-0.15, -0.1) is 0 Å². The van der Waals surface area contributed by atoms with E-state index in [2.05, 4.69) is 31.9 Å². The summed E-state index contributed by atoms with van der Waals surface area (Å²) in [7, 11) is 1.62. The maximum Gasteiger partial charge on any atom is 0.137 e. The summed E-state index contributed by atoms with van der Waals surface area (Å²) in [6.07, 6.45) is 0. The molecule has 0 radical (unpaired) electrons. The zero-order valence-electron chi connectivity index (χ0n) is 10.8. The van der Waals surface area contributed by atoms with E-state index in [4.69, 9.17) is 9.47 Å². The lowest BCUT2D eigenvalue weighted by atomic mass is 10.2. The topological polar surface area (TPSA) is 18.5 Å². The summed E-state index contributed by atoms with van der Waals surface area (Å²) in [6, 6.07) is 10.5. The number of rotatable bonds is 5. The highest BCUT2D eigenvalue weighted by atomic mass is 79.9. The van der Waals surface area contributed by atoms with Gasteiger partial charge >= 0.3 is 0 Å². The number of benzene rings is 2. The minimum Gasteiger partial charge on any atom is -0.497 e. The average Bonchev–Trinajstić information content (AvgIpc) is 2.48. The lowest BCUT2D eigenvalue weighted by Gasteiger charge is -2.12. The smallest absolute Gasteiger partial charge is 0.137 e. The number of methoxy groups -OCH3 is 1. The summed E-state index contributed by atoms with van der Waals surface area (Å²) in [5, 5.41) is 0.694. The molecule has 0 spiro atoms. The number of hydrogen-bond acceptors (Lipinski definition) is 2. The molecule has 0 fully saturated rings. The molecule has 0 bridgehead atoms. The Balaban J connectivity index is 2.15. The van der Waals surface area contributed by atoms with Crippen LogP contribution in [0.25, 0.3) is 0 Å². The van der Waals surface area contributed by atoms with Crippen LogP contribution in [0.3, 0.4) is 0 Å². The van der Waals surface area contributed by atoms with Gasteiger partial charge in [-0.25, -0.2) is 4.39 Å². The van der Waals surface area contributed by atoms with E-state index in [1.165, 1.54) is 6.07 Å². The van der Waals surface area contributed by atoms with Gasteiger partial charge in [0.15, 0.2) is 0 Å². The van der Waals surface area contributed by atoms with Crippen molar-refractivity contribution in [2.75, 3.05) is 7.11 Å². The molecule has 0 unspecified atom stereocenters. The SMILES string of the molecule is COc1ccc(CBr)c(OCc2ccc(F)c(Br)c2)c1. The number of alkyl halides is 1. The van der Waals surface area contributed by atoms with Gasteiger partial charge in [-0.1, -0.05) is 28.1 Å². The zero-order chi connectivity index (χ0) is 14.5. The van der Waals surface area contributed by atoms with E-state index in [1.54, 1.807) is 19.2 Å². The molecule has 0 heterocycles. The fourth-order valence-electron chi connectivity index (χ4n) is 1.70. The second kappa shape index (κ2) is 7.09. The predicted molar refractivity (Wildman–Crippen MR) is 84.1 cm³/mol. The van der Waals surface area contributed by atoms with Gasteiger partial charge in [0.25, 0.3) is 0 Å². The molecule has 20 heavy (non-hydrogen) atoms. The molecule has 0 aromatic heterocycles. The molecule has 2 nitrogen and oxygen atoms in total. The highest BCUT2D eigenvalue weighted by Crippen LogP contribution is 2.27. The summed E-state index contributed by atoms with van der Waals surface area (Å²) in [6.45, 7) is 0.367. The number of hydrogen-bond donors (Lipinski definition) is 0. The molecule has 0 amide bonds. The molecule has 0 saturated carbocycles. The standard InChI is InChI=1S/C15H13Br2FO2/c1-19-12-4-3-11(8-16)15(7-12)20-9-10-2-5-14(18)13(17)6-10/h2-7H,8-9H2,1H3. The molecule has 0 saturated heterocycles. The van der Waals surface area contributed by atoms with Gasteiger partial charge in [0.1, 0.15) is 23.9 Å². The van der Waals surface area contributed by atoms with Gasteiger partial charge in [0.2, 0.25) is 0 Å². The van der Waals surface area contributed by atoms with Crippen LogP contribution in [-0.4, -0.2) is 7.11 Å². The van der Waals surface area contributed by atoms with Crippen molar-refractivity contribution in [3.63, 3.8) is 0 Å². The summed E-state index contributed by atoms with van der Waals surface area (Å²) in [5.74, 6) is 1.21. The molecule has 0 atom stereocenters. The summed E-state index contributed by atoms with van der Waals surface area (Å²) < 4.78 is 24.6. The monoisotopic (exact) mass is 402 g/mol. The number of halogens is 3. The van der Waals surface area contributed by atoms with E-state index in [-0.39, 0.29) is 5.82 Å². The summed E-state index contributed by atoms with van der Waals surface area (Å²) in [5.41, 5.74) is 1.92. The van der Waals surface area contributed by atoms with Crippen molar-refractivity contribution in [2.24, 2.45) is 0 Å². The van der Waals surface area contributed by atoms with Crippen LogP contribution in [0.1, 0.15) is 11.1 Å². The molecule has 2 aromatic rings. The summed E-state index contributed by atoms with van der Waals surface area (Å²) >= 11 is 6.59. The lowest BCUT2D eigenvalue weighted by molar-refractivity contribution is 0.301. The Bertz CT molecular complexity index is 602. The average molecular weight is 404 g/mol. The van der Waals surface area contributed by atoms with Crippen LogP contribution in [0.15, 0.2) is 40.9 Å². The Morgan fingerprint density at radius 3 is 2.60 bits per heavy atom. The first-order valence-electron chi connectivity index (χ1n) is 5.93. The van der Waals surface area contributed by atoms with Gasteiger partial charge in [-0.3, -0.25) is 0 Å². The first kappa shape index (κ1) is 15.3. The van der Waals surface area contributed by atoms with Crippen molar-refractivity contribution in [1.82, 2.24) is 0 Å². The van der Waals surface area contributed by atoms with Crippen molar-refractivity contribution in [2.45, 2.75) is 11.9 Å². The van der Waals surface area contributed by atoms with Gasteiger partial charge in [-0.05, 0) is 39.7 Å². The molecule has 2 rings (SSSR count). The van der Waals surface area contributed by atoms with Gasteiger partial charge in [0, 0.05) is 17.0 Å². The molecule has 5 heteroatoms. The van der Waals surface area contributed by atoms with E-state index >= 15 is 0 Å². The lowest BCUT2D eigenvalue weighted by Crippen LogP contribution is -1.99. The Morgan fingerprint density at radius 2 is 1.95 bits per heavy atom. The molecule has 106 valence electrons. The maximum absolute atomic E-state index is 13.2. The van der Waals surface area contributed by atoms with Gasteiger partial charge in [0.05, 0.1) is 11.6 Å². The van der Waals surface area contributed by atoms with Crippen LogP contribution in [-0.2, 0) is 11.9 Å². The second-order valence-corrected chi connectivity index (χ2v) is 5.56. The van der Waals surface area contributed by atoms with Gasteiger partial charge in [-0.2, -0.15) is 0 Å². The first-order valence-corrected chi connectivity index (χ1v) is 7.85. The van der Waals surface area contributed by atoms with Crippen LogP contribution in [0.2, 0.25) is 0 Å². The van der Waals surface area contributed by atoms with Crippen LogP contribution in [0.5, 0.6) is 11.5 Å². The van der Waals surface area contributed by atoms with E-state index in [1.807, 2.05) is 18.2 Å². The second-order valence-electron chi connectivity index (χ2n) is 4.14. The molecular formula is C15H13Br2FO2. The molecule has 0 aliphatic carbocycles. The zero-order valence-corrected chi connectivity index (χ0v) is 14.0. The Kier molecular flexibility index (Phi) is 5.43. The van der Waals surface area contributed by atoms with Crippen LogP contribution >= 0.6 is 31.9 Å². The summed E-state index contributed by atoms with van der Waals surface area (Å²) in [4.78, 5) is 0. The third kappa shape index (κ3) is 3.73. The van der Waals surface area contributed by atoms with E-state index < -0.39 is 0 Å². The van der Waals surface area contributed by atoms with E-state index in [9.17, 15) is 4.39 Å². The highest BCUT2D eigenvalue weighted by molar-refractivity contribution is 9.10. The van der Waals surface area contributed by atoms with Crippen LogP contribution in [0, 0.1) is 5.82 Å². The fraction of sp³-hybridized carbons (Fsp3) is 0.200. The van der Waals surface area contributed by atoms with Crippen molar-refractivity contribution in [3.05, 3.63) is 57.8 Å². The van der Waals surface area contributed by atoms with Gasteiger partial charge < -0.3 is 9.47 Å². The minimum absolute atomic E-state index is 0.281. The molecule has 2 aromatic carbocycles. The van der Waals surface area contributed by atoms with E-state index in [0.29, 0.717) is 16.4 Å². The quantitative estimate of drug-likeness (QED) is 0.648. The predicted octanol–water partition coefficient (Wildman–Crippen LogP) is 5.07. The van der Waals surface area contributed by atoms with Crippen molar-refractivity contribution in [1.29, 1.82) is 0 Å². The van der Waals surface area contributed by atoms with Crippen molar-refractivity contribution in [3.8, 4) is 11.5 Å². The molecule has 0 aliphatic rings. The largest absolute Gasteiger partial charge is 0.497 e. The molecule has 0 aliphatic heterocycles. The Morgan fingerprint density at radius 1 is 1.15 bits per heavy atom. The van der Waals surface area contributed by atoms with Crippen molar-refractivity contribution >= 4 is 31.9 Å². The number of ether oxygens (including phenoxy) is 2. The molecule has 0 N–H and O–H groups in total. The van der Waals surface area contributed by atoms with E-state index in [0.717, 1.165) is 22.6 Å². The maximum atomic E-state index is 13.2. The van der Waals surface area contributed by atoms with Crippen LogP contribution in [0.4, 0.5) is 4.39 Å². The minimum atomic E-state index is -0.281. The Hall–Kier alpha value is -1.07. The third-order valence-corrected chi connectivity index (χ3v) is 4.01. The highest BCUT2D eigenvalue weighted by Gasteiger charge is 2.06. The Labute approximate surface area is 134 Å².